The summed E-state index contributed by atoms with van der Waals surface area (Å²) in [5.74, 6) is 0.719. The lowest BCUT2D eigenvalue weighted by Crippen LogP contribution is -2.38. The van der Waals surface area contributed by atoms with Crippen molar-refractivity contribution in [2.75, 3.05) is 23.3 Å². The predicted octanol–water partition coefficient (Wildman–Crippen LogP) is 3.67. The molecule has 4 rings (SSSR count). The van der Waals surface area contributed by atoms with Gasteiger partial charge in [0.15, 0.2) is 0 Å². The van der Waals surface area contributed by atoms with Crippen molar-refractivity contribution >= 4 is 40.0 Å². The zero-order valence-corrected chi connectivity index (χ0v) is 15.2. The molecule has 8 heteroatoms. The topological polar surface area (TPSA) is 71.0 Å². The summed E-state index contributed by atoms with van der Waals surface area (Å²) in [5, 5.41) is 4.04. The number of amides is 1. The van der Waals surface area contributed by atoms with Gasteiger partial charge in [0.2, 0.25) is 5.91 Å². The van der Waals surface area contributed by atoms with E-state index in [1.807, 2.05) is 0 Å². The number of halogens is 2. The van der Waals surface area contributed by atoms with Crippen LogP contribution in [0, 0.1) is 11.7 Å². The number of hydrogen-bond donors (Lipinski definition) is 1. The van der Waals surface area contributed by atoms with Crippen LogP contribution in [0.15, 0.2) is 42.9 Å². The highest BCUT2D eigenvalue weighted by Gasteiger charge is 2.26. The van der Waals surface area contributed by atoms with Crippen LogP contribution in [0.5, 0.6) is 0 Å². The molecule has 0 aliphatic carbocycles. The third-order valence-electron chi connectivity index (χ3n) is 4.72. The Bertz CT molecular complexity index is 974. The zero-order valence-electron chi connectivity index (χ0n) is 14.4. The maximum absolute atomic E-state index is 13.6. The summed E-state index contributed by atoms with van der Waals surface area (Å²) in [4.78, 5) is 27.2. The largest absolute Gasteiger partial charge is 0.356 e. The highest BCUT2D eigenvalue weighted by Crippen LogP contribution is 2.28. The number of carbonyl (C=O) groups excluding carboxylic acids is 1. The lowest BCUT2D eigenvalue weighted by atomic mass is 9.95. The van der Waals surface area contributed by atoms with Gasteiger partial charge in [-0.15, -0.1) is 0 Å². The molecule has 0 saturated carbocycles. The molecule has 3 aromatic rings. The van der Waals surface area contributed by atoms with Gasteiger partial charge in [-0.3, -0.25) is 4.79 Å². The third-order valence-corrected chi connectivity index (χ3v) is 4.94. The Morgan fingerprint density at radius 3 is 2.70 bits per heavy atom. The first-order chi connectivity index (χ1) is 13.1. The van der Waals surface area contributed by atoms with Gasteiger partial charge in [-0.25, -0.2) is 19.3 Å². The van der Waals surface area contributed by atoms with E-state index in [-0.39, 0.29) is 17.6 Å². The maximum Gasteiger partial charge on any atom is 0.228 e. The molecule has 6 nitrogen and oxygen atoms in total. The summed E-state index contributed by atoms with van der Waals surface area (Å²) in [6.45, 7) is 1.32. The molecule has 3 heterocycles. The standard InChI is InChI=1S/C19H17ClFN5O/c20-13-1-4-17(22-10-13)25-19(27)12-5-7-26(8-6-12)18-15-9-14(21)2-3-16(15)23-11-24-18/h1-4,9-12H,5-8H2,(H,22,25,27). The lowest BCUT2D eigenvalue weighted by Gasteiger charge is -2.32. The van der Waals surface area contributed by atoms with E-state index >= 15 is 0 Å². The van der Waals surface area contributed by atoms with Gasteiger partial charge in [-0.05, 0) is 43.2 Å². The second-order valence-electron chi connectivity index (χ2n) is 6.47. The molecule has 1 fully saturated rings. The van der Waals surface area contributed by atoms with Crippen LogP contribution in [-0.2, 0) is 4.79 Å². The Kier molecular flexibility index (Phi) is 4.85. The number of anilines is 2. The van der Waals surface area contributed by atoms with Crippen molar-refractivity contribution in [3.05, 3.63) is 53.7 Å². The van der Waals surface area contributed by atoms with E-state index in [9.17, 15) is 9.18 Å². The fraction of sp³-hybridized carbons (Fsp3) is 0.263. The zero-order chi connectivity index (χ0) is 18.8. The Labute approximate surface area is 160 Å². The van der Waals surface area contributed by atoms with Crippen LogP contribution in [0.2, 0.25) is 5.02 Å². The van der Waals surface area contributed by atoms with Gasteiger partial charge in [0.1, 0.15) is 23.8 Å². The van der Waals surface area contributed by atoms with Gasteiger partial charge >= 0.3 is 0 Å². The van der Waals surface area contributed by atoms with Crippen LogP contribution >= 0.6 is 11.6 Å². The third kappa shape index (κ3) is 3.83. The van der Waals surface area contributed by atoms with Gasteiger partial charge in [-0.1, -0.05) is 11.6 Å². The Hall–Kier alpha value is -2.80. The molecule has 0 spiro atoms. The van der Waals surface area contributed by atoms with E-state index in [1.165, 1.54) is 24.7 Å². The molecule has 0 unspecified atom stereocenters. The molecule has 1 aliphatic heterocycles. The second kappa shape index (κ2) is 7.44. The van der Waals surface area contributed by atoms with E-state index in [0.29, 0.717) is 53.5 Å². The fourth-order valence-corrected chi connectivity index (χ4v) is 3.41. The van der Waals surface area contributed by atoms with E-state index in [1.54, 1.807) is 18.2 Å². The van der Waals surface area contributed by atoms with Crippen LogP contribution < -0.4 is 10.2 Å². The molecule has 1 saturated heterocycles. The van der Waals surface area contributed by atoms with E-state index in [0.717, 1.165) is 0 Å². The Morgan fingerprint density at radius 2 is 1.96 bits per heavy atom. The average Bonchev–Trinajstić information content (AvgIpc) is 2.69. The molecule has 0 atom stereocenters. The molecule has 27 heavy (non-hydrogen) atoms. The highest BCUT2D eigenvalue weighted by molar-refractivity contribution is 6.30. The lowest BCUT2D eigenvalue weighted by molar-refractivity contribution is -0.120. The van der Waals surface area contributed by atoms with Crippen LogP contribution in [0.1, 0.15) is 12.8 Å². The molecule has 138 valence electrons. The SMILES string of the molecule is O=C(Nc1ccc(Cl)cn1)C1CCN(c2ncnc3ccc(F)cc23)CC1. The number of hydrogen-bond acceptors (Lipinski definition) is 5. The summed E-state index contributed by atoms with van der Waals surface area (Å²) in [5.41, 5.74) is 0.704. The van der Waals surface area contributed by atoms with Crippen LogP contribution in [0.25, 0.3) is 10.9 Å². The Morgan fingerprint density at radius 1 is 1.15 bits per heavy atom. The van der Waals surface area contributed by atoms with Crippen LogP contribution in [0.3, 0.4) is 0 Å². The van der Waals surface area contributed by atoms with Crippen LogP contribution in [-0.4, -0.2) is 33.9 Å². The number of fused-ring (bicyclic) bond motifs is 1. The van der Waals surface area contributed by atoms with Crippen molar-refractivity contribution in [2.24, 2.45) is 5.92 Å². The van der Waals surface area contributed by atoms with Crippen molar-refractivity contribution in [1.82, 2.24) is 15.0 Å². The van der Waals surface area contributed by atoms with E-state index in [2.05, 4.69) is 25.2 Å². The summed E-state index contributed by atoms with van der Waals surface area (Å²) >= 11 is 5.81. The van der Waals surface area contributed by atoms with Gasteiger partial charge in [-0.2, -0.15) is 0 Å². The highest BCUT2D eigenvalue weighted by atomic mass is 35.5. The van der Waals surface area contributed by atoms with Gasteiger partial charge in [0.05, 0.1) is 10.5 Å². The maximum atomic E-state index is 13.6. The van der Waals surface area contributed by atoms with Crippen molar-refractivity contribution in [1.29, 1.82) is 0 Å². The summed E-state index contributed by atoms with van der Waals surface area (Å²) in [6.07, 6.45) is 4.35. The van der Waals surface area contributed by atoms with Crippen molar-refractivity contribution in [3.8, 4) is 0 Å². The molecule has 1 amide bonds. The predicted molar refractivity (Wildman–Crippen MR) is 102 cm³/mol. The van der Waals surface area contributed by atoms with Crippen LogP contribution in [0.4, 0.5) is 16.0 Å². The number of carbonyl (C=O) groups is 1. The minimum atomic E-state index is -0.316. The van der Waals surface area contributed by atoms with Gasteiger partial charge in [0.25, 0.3) is 0 Å². The summed E-state index contributed by atoms with van der Waals surface area (Å²) in [7, 11) is 0. The normalized spacial score (nSPS) is 15.1. The van der Waals surface area contributed by atoms with Crippen molar-refractivity contribution in [2.45, 2.75) is 12.8 Å². The minimum absolute atomic E-state index is 0.0527. The summed E-state index contributed by atoms with van der Waals surface area (Å²) in [6, 6.07) is 7.86. The number of nitrogens with zero attached hydrogens (tertiary/aromatic N) is 4. The molecule has 2 aromatic heterocycles. The molecular weight excluding hydrogens is 369 g/mol. The first-order valence-corrected chi connectivity index (χ1v) is 9.05. The van der Waals surface area contributed by atoms with E-state index in [4.69, 9.17) is 11.6 Å². The van der Waals surface area contributed by atoms with E-state index < -0.39 is 0 Å². The number of rotatable bonds is 3. The number of piperidine rings is 1. The second-order valence-corrected chi connectivity index (χ2v) is 6.91. The summed E-state index contributed by atoms with van der Waals surface area (Å²) < 4.78 is 13.6. The average molecular weight is 386 g/mol. The quantitative estimate of drug-likeness (QED) is 0.744. The van der Waals surface area contributed by atoms with Gasteiger partial charge < -0.3 is 10.2 Å². The van der Waals surface area contributed by atoms with Gasteiger partial charge in [0, 0.05) is 30.6 Å². The first kappa shape index (κ1) is 17.6. The van der Waals surface area contributed by atoms with Crippen molar-refractivity contribution < 1.29 is 9.18 Å². The smallest absolute Gasteiger partial charge is 0.228 e. The first-order valence-electron chi connectivity index (χ1n) is 8.68. The number of benzene rings is 1. The fourth-order valence-electron chi connectivity index (χ4n) is 3.30. The molecule has 0 radical (unpaired) electrons. The number of nitrogens with one attached hydrogen (secondary N) is 1. The molecule has 1 aromatic carbocycles. The Balaban J connectivity index is 1.44. The number of pyridine rings is 1. The molecule has 1 N–H and O–H groups in total. The molecular formula is C19H17ClFN5O. The van der Waals surface area contributed by atoms with Crippen molar-refractivity contribution in [3.63, 3.8) is 0 Å². The number of aromatic nitrogens is 3. The molecule has 0 bridgehead atoms. The molecule has 1 aliphatic rings. The monoisotopic (exact) mass is 385 g/mol. The minimum Gasteiger partial charge on any atom is -0.356 e.